The SMILES string of the molecule is CC(C)Cc1nc(CCN2CCCCC2C)sc1C(=O)O. The average molecular weight is 310 g/mol. The fourth-order valence-corrected chi connectivity index (χ4v) is 3.85. The zero-order chi connectivity index (χ0) is 15.4. The van der Waals surface area contributed by atoms with Crippen LogP contribution in [0.2, 0.25) is 0 Å². The minimum Gasteiger partial charge on any atom is -0.477 e. The normalized spacial score (nSPS) is 20.1. The van der Waals surface area contributed by atoms with Crippen molar-refractivity contribution in [2.45, 2.75) is 58.9 Å². The summed E-state index contributed by atoms with van der Waals surface area (Å²) in [5, 5.41) is 10.3. The topological polar surface area (TPSA) is 53.4 Å². The molecular formula is C16H26N2O2S. The Balaban J connectivity index is 2.01. The Labute approximate surface area is 131 Å². The predicted octanol–water partition coefficient (Wildman–Crippen LogP) is 3.46. The molecule has 1 aromatic rings. The van der Waals surface area contributed by atoms with Gasteiger partial charge in [0.1, 0.15) is 4.88 Å². The Kier molecular flexibility index (Phi) is 5.76. The molecule has 0 bridgehead atoms. The monoisotopic (exact) mass is 310 g/mol. The summed E-state index contributed by atoms with van der Waals surface area (Å²) in [6.45, 7) is 8.64. The summed E-state index contributed by atoms with van der Waals surface area (Å²) in [6.07, 6.45) is 5.50. The Bertz CT molecular complexity index is 485. The third kappa shape index (κ3) is 4.51. The largest absolute Gasteiger partial charge is 0.477 e. The number of thiazole rings is 1. The molecule has 0 saturated carbocycles. The molecule has 2 rings (SSSR count). The van der Waals surface area contributed by atoms with Crippen LogP contribution in [0.25, 0.3) is 0 Å². The van der Waals surface area contributed by atoms with Crippen molar-refractivity contribution in [3.63, 3.8) is 0 Å². The minimum atomic E-state index is -0.833. The minimum absolute atomic E-state index is 0.431. The van der Waals surface area contributed by atoms with Gasteiger partial charge >= 0.3 is 5.97 Å². The van der Waals surface area contributed by atoms with Crippen LogP contribution in [-0.4, -0.2) is 40.1 Å². The quantitative estimate of drug-likeness (QED) is 0.874. The van der Waals surface area contributed by atoms with E-state index in [0.717, 1.165) is 36.6 Å². The van der Waals surface area contributed by atoms with E-state index in [9.17, 15) is 9.90 Å². The summed E-state index contributed by atoms with van der Waals surface area (Å²) < 4.78 is 0. The Morgan fingerprint density at radius 3 is 2.86 bits per heavy atom. The van der Waals surface area contributed by atoms with Gasteiger partial charge in [-0.05, 0) is 38.6 Å². The number of hydrogen-bond donors (Lipinski definition) is 1. The van der Waals surface area contributed by atoms with E-state index in [1.165, 1.54) is 30.6 Å². The molecule has 2 heterocycles. The molecule has 1 aliphatic heterocycles. The van der Waals surface area contributed by atoms with Crippen molar-refractivity contribution < 1.29 is 9.90 Å². The molecule has 0 aliphatic carbocycles. The van der Waals surface area contributed by atoms with E-state index in [0.29, 0.717) is 16.8 Å². The molecule has 21 heavy (non-hydrogen) atoms. The lowest BCUT2D eigenvalue weighted by Crippen LogP contribution is -2.38. The third-order valence-electron chi connectivity index (χ3n) is 4.09. The third-order valence-corrected chi connectivity index (χ3v) is 5.24. The molecule has 5 heteroatoms. The Morgan fingerprint density at radius 2 is 2.24 bits per heavy atom. The van der Waals surface area contributed by atoms with Crippen LogP contribution in [0.1, 0.15) is 60.4 Å². The van der Waals surface area contributed by atoms with Gasteiger partial charge in [-0.15, -0.1) is 11.3 Å². The molecule has 1 aliphatic rings. The lowest BCUT2D eigenvalue weighted by molar-refractivity contribution is 0.0700. The van der Waals surface area contributed by atoms with Crippen molar-refractivity contribution in [1.82, 2.24) is 9.88 Å². The van der Waals surface area contributed by atoms with E-state index < -0.39 is 5.97 Å². The van der Waals surface area contributed by atoms with Crippen molar-refractivity contribution in [2.75, 3.05) is 13.1 Å². The summed E-state index contributed by atoms with van der Waals surface area (Å²) in [6, 6.07) is 0.646. The molecule has 1 fully saturated rings. The van der Waals surface area contributed by atoms with Crippen LogP contribution in [0, 0.1) is 5.92 Å². The zero-order valence-corrected chi connectivity index (χ0v) is 14.1. The van der Waals surface area contributed by atoms with Gasteiger partial charge in [0.25, 0.3) is 0 Å². The molecule has 4 nitrogen and oxygen atoms in total. The van der Waals surface area contributed by atoms with Gasteiger partial charge in [0.15, 0.2) is 0 Å². The number of piperidine rings is 1. The molecule has 0 aromatic carbocycles. The highest BCUT2D eigenvalue weighted by atomic mass is 32.1. The van der Waals surface area contributed by atoms with Crippen molar-refractivity contribution in [3.05, 3.63) is 15.6 Å². The number of aromatic nitrogens is 1. The second-order valence-electron chi connectivity index (χ2n) is 6.42. The van der Waals surface area contributed by atoms with Gasteiger partial charge in [-0.25, -0.2) is 9.78 Å². The second kappa shape index (κ2) is 7.36. The molecule has 1 atom stereocenters. The maximum absolute atomic E-state index is 11.3. The predicted molar refractivity (Wildman–Crippen MR) is 86.2 cm³/mol. The van der Waals surface area contributed by atoms with E-state index >= 15 is 0 Å². The van der Waals surface area contributed by atoms with Crippen LogP contribution < -0.4 is 0 Å². The smallest absolute Gasteiger partial charge is 0.347 e. The van der Waals surface area contributed by atoms with E-state index in [-0.39, 0.29) is 0 Å². The number of hydrogen-bond acceptors (Lipinski definition) is 4. The fraction of sp³-hybridized carbons (Fsp3) is 0.750. The molecule has 1 unspecified atom stereocenters. The van der Waals surface area contributed by atoms with Gasteiger partial charge in [-0.2, -0.15) is 0 Å². The van der Waals surface area contributed by atoms with Crippen LogP contribution in [0.15, 0.2) is 0 Å². The number of aromatic carboxylic acids is 1. The van der Waals surface area contributed by atoms with Crippen molar-refractivity contribution in [2.24, 2.45) is 5.92 Å². The van der Waals surface area contributed by atoms with E-state index in [1.54, 1.807) is 0 Å². The van der Waals surface area contributed by atoms with Crippen LogP contribution in [0.4, 0.5) is 0 Å². The average Bonchev–Trinajstić information content (AvgIpc) is 2.80. The van der Waals surface area contributed by atoms with Crippen molar-refractivity contribution in [3.8, 4) is 0 Å². The lowest BCUT2D eigenvalue weighted by atomic mass is 10.0. The van der Waals surface area contributed by atoms with Crippen LogP contribution in [0.5, 0.6) is 0 Å². The van der Waals surface area contributed by atoms with Gasteiger partial charge in [-0.3, -0.25) is 0 Å². The highest BCUT2D eigenvalue weighted by Gasteiger charge is 2.21. The fourth-order valence-electron chi connectivity index (χ4n) is 2.93. The zero-order valence-electron chi connectivity index (χ0n) is 13.3. The number of likely N-dealkylation sites (tertiary alicyclic amines) is 1. The standard InChI is InChI=1S/C16H26N2O2S/c1-11(2)10-13-15(16(19)20)21-14(17-13)7-9-18-8-5-4-6-12(18)3/h11-12H,4-10H2,1-3H3,(H,19,20). The summed E-state index contributed by atoms with van der Waals surface area (Å²) in [7, 11) is 0. The van der Waals surface area contributed by atoms with Gasteiger partial charge < -0.3 is 10.0 Å². The second-order valence-corrected chi connectivity index (χ2v) is 7.50. The van der Waals surface area contributed by atoms with E-state index in [2.05, 4.69) is 30.7 Å². The molecule has 0 radical (unpaired) electrons. The maximum Gasteiger partial charge on any atom is 0.347 e. The number of carbonyl (C=O) groups is 1. The van der Waals surface area contributed by atoms with Gasteiger partial charge in [0, 0.05) is 19.0 Å². The van der Waals surface area contributed by atoms with E-state index in [1.807, 2.05) is 0 Å². The number of carboxylic acids is 1. The summed E-state index contributed by atoms with van der Waals surface area (Å²) in [5.41, 5.74) is 0.768. The summed E-state index contributed by atoms with van der Waals surface area (Å²) in [4.78, 5) is 18.9. The highest BCUT2D eigenvalue weighted by molar-refractivity contribution is 7.13. The van der Waals surface area contributed by atoms with E-state index in [4.69, 9.17) is 0 Å². The van der Waals surface area contributed by atoms with Crippen LogP contribution in [0.3, 0.4) is 0 Å². The first-order valence-electron chi connectivity index (χ1n) is 7.93. The van der Waals surface area contributed by atoms with Crippen LogP contribution >= 0.6 is 11.3 Å². The summed E-state index contributed by atoms with van der Waals surface area (Å²) >= 11 is 1.36. The molecular weight excluding hydrogens is 284 g/mol. The lowest BCUT2D eigenvalue weighted by Gasteiger charge is -2.33. The molecule has 1 saturated heterocycles. The molecule has 1 aromatic heterocycles. The number of rotatable bonds is 6. The van der Waals surface area contributed by atoms with Gasteiger partial charge in [-0.1, -0.05) is 20.3 Å². The molecule has 0 amide bonds. The van der Waals surface area contributed by atoms with Gasteiger partial charge in [0.2, 0.25) is 0 Å². The van der Waals surface area contributed by atoms with Crippen molar-refractivity contribution in [1.29, 1.82) is 0 Å². The highest BCUT2D eigenvalue weighted by Crippen LogP contribution is 2.23. The Hall–Kier alpha value is -0.940. The number of nitrogens with zero attached hydrogens (tertiary/aromatic N) is 2. The van der Waals surface area contributed by atoms with Gasteiger partial charge in [0.05, 0.1) is 10.7 Å². The van der Waals surface area contributed by atoms with Crippen molar-refractivity contribution >= 4 is 17.3 Å². The first kappa shape index (κ1) is 16.4. The molecule has 0 spiro atoms. The first-order valence-corrected chi connectivity index (χ1v) is 8.75. The summed E-state index contributed by atoms with van der Waals surface area (Å²) in [5.74, 6) is -0.402. The number of carboxylic acid groups (broad SMARTS) is 1. The Morgan fingerprint density at radius 1 is 1.48 bits per heavy atom. The van der Waals surface area contributed by atoms with Crippen LogP contribution in [-0.2, 0) is 12.8 Å². The maximum atomic E-state index is 11.3. The first-order chi connectivity index (χ1) is 9.97. The molecule has 118 valence electrons. The molecule has 1 N–H and O–H groups in total.